The third-order valence-corrected chi connectivity index (χ3v) is 5.64. The Morgan fingerprint density at radius 1 is 0.960 bits per heavy atom. The summed E-state index contributed by atoms with van der Waals surface area (Å²) in [6.07, 6.45) is 1.33. The predicted molar refractivity (Wildman–Crippen MR) is 94.0 cm³/mol. The highest BCUT2D eigenvalue weighted by atomic mass is 32.1. The molecule has 0 bridgehead atoms. The van der Waals surface area contributed by atoms with Gasteiger partial charge < -0.3 is 14.4 Å². The summed E-state index contributed by atoms with van der Waals surface area (Å²) in [4.78, 5) is 28.1. The Bertz CT molecular complexity index is 770. The first kappa shape index (κ1) is 16.4. The van der Waals surface area contributed by atoms with Gasteiger partial charge in [0.2, 0.25) is 5.78 Å². The molecule has 0 radical (unpaired) electrons. The van der Waals surface area contributed by atoms with Gasteiger partial charge in [-0.15, -0.1) is 11.3 Å². The maximum atomic E-state index is 13.0. The Balaban J connectivity index is 1.54. The zero-order valence-corrected chi connectivity index (χ0v) is 14.6. The van der Waals surface area contributed by atoms with E-state index >= 15 is 0 Å². The number of carbonyl (C=O) groups is 2. The molecule has 6 heteroatoms. The number of hydrogen-bond donors (Lipinski definition) is 0. The molecule has 0 atom stereocenters. The number of benzene rings is 1. The zero-order valence-electron chi connectivity index (χ0n) is 13.8. The maximum absolute atomic E-state index is 13.0. The van der Waals surface area contributed by atoms with E-state index in [2.05, 4.69) is 0 Å². The zero-order chi connectivity index (χ0) is 17.3. The van der Waals surface area contributed by atoms with Crippen molar-refractivity contribution in [2.24, 2.45) is 0 Å². The van der Waals surface area contributed by atoms with Gasteiger partial charge >= 0.3 is 0 Å². The van der Waals surface area contributed by atoms with Crippen LogP contribution in [0.1, 0.15) is 38.4 Å². The van der Waals surface area contributed by atoms with Gasteiger partial charge in [0.05, 0.1) is 23.7 Å². The predicted octanol–water partition coefficient (Wildman–Crippen LogP) is 2.96. The fraction of sp³-hybridized carbons (Fsp3) is 0.368. The van der Waals surface area contributed by atoms with Crippen LogP contribution in [0, 0.1) is 0 Å². The fourth-order valence-electron chi connectivity index (χ4n) is 3.41. The van der Waals surface area contributed by atoms with E-state index < -0.39 is 5.79 Å². The monoisotopic (exact) mass is 357 g/mol. The summed E-state index contributed by atoms with van der Waals surface area (Å²) in [5, 5.41) is 1.86. The third-order valence-electron chi connectivity index (χ3n) is 4.77. The summed E-state index contributed by atoms with van der Waals surface area (Å²) < 4.78 is 11.4. The lowest BCUT2D eigenvalue weighted by molar-refractivity contribution is -0.181. The van der Waals surface area contributed by atoms with E-state index in [0.29, 0.717) is 55.1 Å². The van der Waals surface area contributed by atoms with Gasteiger partial charge in [-0.25, -0.2) is 0 Å². The number of piperidine rings is 1. The van der Waals surface area contributed by atoms with Crippen molar-refractivity contribution in [3.8, 4) is 0 Å². The van der Waals surface area contributed by atoms with Crippen LogP contribution in [0.25, 0.3) is 0 Å². The smallest absolute Gasteiger partial charge is 0.254 e. The molecule has 2 saturated heterocycles. The Kier molecular flexibility index (Phi) is 4.41. The lowest BCUT2D eigenvalue weighted by Crippen LogP contribution is -2.47. The molecule has 2 aromatic rings. The van der Waals surface area contributed by atoms with Gasteiger partial charge in [-0.3, -0.25) is 9.59 Å². The molecule has 1 spiro atoms. The number of carbonyl (C=O) groups excluding carboxylic acids is 2. The molecular weight excluding hydrogens is 338 g/mol. The van der Waals surface area contributed by atoms with Crippen molar-refractivity contribution in [1.82, 2.24) is 4.90 Å². The molecule has 1 aromatic heterocycles. The van der Waals surface area contributed by atoms with Crippen LogP contribution in [0.4, 0.5) is 0 Å². The minimum absolute atomic E-state index is 0.102. The Morgan fingerprint density at radius 2 is 1.64 bits per heavy atom. The van der Waals surface area contributed by atoms with Crippen molar-refractivity contribution in [3.63, 3.8) is 0 Å². The van der Waals surface area contributed by atoms with E-state index in [9.17, 15) is 9.59 Å². The number of thiophene rings is 1. The first-order valence-corrected chi connectivity index (χ1v) is 9.31. The third kappa shape index (κ3) is 3.13. The Hall–Kier alpha value is -2.02. The summed E-state index contributed by atoms with van der Waals surface area (Å²) in [5.41, 5.74) is 0.925. The number of ketones is 1. The van der Waals surface area contributed by atoms with E-state index in [0.717, 1.165) is 0 Å². The topological polar surface area (TPSA) is 55.8 Å². The standard InChI is InChI=1S/C19H19NO4S/c21-17(16-6-3-13-25-16)14-4-1-2-5-15(14)18(22)20-9-7-19(8-10-20)23-11-12-24-19/h1-6,13H,7-12H2. The SMILES string of the molecule is O=C(c1cccs1)c1ccccc1C(=O)N1CCC2(CC1)OCCO2. The van der Waals surface area contributed by atoms with Gasteiger partial charge in [-0.05, 0) is 17.5 Å². The van der Waals surface area contributed by atoms with Gasteiger partial charge in [0.1, 0.15) is 0 Å². The maximum Gasteiger partial charge on any atom is 0.254 e. The van der Waals surface area contributed by atoms with Crippen molar-refractivity contribution in [3.05, 3.63) is 57.8 Å². The highest BCUT2D eigenvalue weighted by Gasteiger charge is 2.41. The van der Waals surface area contributed by atoms with Gasteiger partial charge in [0.15, 0.2) is 5.79 Å². The number of amides is 1. The molecule has 130 valence electrons. The normalized spacial score (nSPS) is 19.3. The molecule has 25 heavy (non-hydrogen) atoms. The van der Waals surface area contributed by atoms with E-state index in [-0.39, 0.29) is 11.7 Å². The summed E-state index contributed by atoms with van der Waals surface area (Å²) in [6, 6.07) is 10.7. The number of rotatable bonds is 3. The van der Waals surface area contributed by atoms with Crippen LogP contribution >= 0.6 is 11.3 Å². The molecule has 5 nitrogen and oxygen atoms in total. The van der Waals surface area contributed by atoms with Crippen molar-refractivity contribution >= 4 is 23.0 Å². The summed E-state index contributed by atoms with van der Waals surface area (Å²) in [7, 11) is 0. The van der Waals surface area contributed by atoms with Crippen LogP contribution in [0.5, 0.6) is 0 Å². The number of nitrogens with zero attached hydrogens (tertiary/aromatic N) is 1. The first-order chi connectivity index (χ1) is 12.2. The minimum atomic E-state index is -0.511. The lowest BCUT2D eigenvalue weighted by Gasteiger charge is -2.37. The molecule has 4 rings (SSSR count). The largest absolute Gasteiger partial charge is 0.347 e. The summed E-state index contributed by atoms with van der Waals surface area (Å²) in [5.74, 6) is -0.716. The van der Waals surface area contributed by atoms with Crippen LogP contribution in [0.2, 0.25) is 0 Å². The number of likely N-dealkylation sites (tertiary alicyclic amines) is 1. The average molecular weight is 357 g/mol. The lowest BCUT2D eigenvalue weighted by atomic mass is 9.99. The molecule has 1 aromatic carbocycles. The van der Waals surface area contributed by atoms with Crippen LogP contribution in [-0.4, -0.2) is 48.7 Å². The second-order valence-corrected chi connectivity index (χ2v) is 7.20. The molecule has 2 aliphatic rings. The second-order valence-electron chi connectivity index (χ2n) is 6.25. The molecule has 2 fully saturated rings. The van der Waals surface area contributed by atoms with E-state index in [1.54, 1.807) is 35.2 Å². The summed E-state index contributed by atoms with van der Waals surface area (Å²) in [6.45, 7) is 2.37. The molecule has 1 amide bonds. The molecule has 0 saturated carbocycles. The number of hydrogen-bond acceptors (Lipinski definition) is 5. The van der Waals surface area contributed by atoms with Crippen molar-refractivity contribution in [1.29, 1.82) is 0 Å². The molecule has 0 N–H and O–H groups in total. The van der Waals surface area contributed by atoms with Crippen molar-refractivity contribution in [2.75, 3.05) is 26.3 Å². The van der Waals surface area contributed by atoms with Gasteiger partial charge in [-0.1, -0.05) is 24.3 Å². The minimum Gasteiger partial charge on any atom is -0.347 e. The van der Waals surface area contributed by atoms with Crippen molar-refractivity contribution < 1.29 is 19.1 Å². The van der Waals surface area contributed by atoms with Crippen LogP contribution < -0.4 is 0 Å². The van der Waals surface area contributed by atoms with Crippen molar-refractivity contribution in [2.45, 2.75) is 18.6 Å². The van der Waals surface area contributed by atoms with Gasteiger partial charge in [0.25, 0.3) is 5.91 Å². The highest BCUT2D eigenvalue weighted by Crippen LogP contribution is 2.32. The Labute approximate surface area is 150 Å². The second kappa shape index (κ2) is 6.71. The molecule has 2 aliphatic heterocycles. The van der Waals surface area contributed by atoms with Gasteiger partial charge in [-0.2, -0.15) is 0 Å². The van der Waals surface area contributed by atoms with Crippen LogP contribution in [0.3, 0.4) is 0 Å². The Morgan fingerprint density at radius 3 is 2.28 bits per heavy atom. The van der Waals surface area contributed by atoms with E-state index in [1.807, 2.05) is 11.4 Å². The first-order valence-electron chi connectivity index (χ1n) is 8.43. The molecular formula is C19H19NO4S. The van der Waals surface area contributed by atoms with Crippen LogP contribution in [0.15, 0.2) is 41.8 Å². The molecule has 0 aliphatic carbocycles. The number of ether oxygens (including phenoxy) is 2. The quantitative estimate of drug-likeness (QED) is 0.793. The summed E-state index contributed by atoms with van der Waals surface area (Å²) >= 11 is 1.39. The molecule has 3 heterocycles. The highest BCUT2D eigenvalue weighted by molar-refractivity contribution is 7.12. The van der Waals surface area contributed by atoms with Gasteiger partial charge in [0, 0.05) is 31.5 Å². The van der Waals surface area contributed by atoms with E-state index in [4.69, 9.17) is 9.47 Å². The average Bonchev–Trinajstić information content (AvgIpc) is 3.34. The molecule has 0 unspecified atom stereocenters. The fourth-order valence-corrected chi connectivity index (χ4v) is 4.09. The van der Waals surface area contributed by atoms with Crippen LogP contribution in [-0.2, 0) is 9.47 Å². The van der Waals surface area contributed by atoms with E-state index in [1.165, 1.54) is 11.3 Å².